The summed E-state index contributed by atoms with van der Waals surface area (Å²) in [6.07, 6.45) is 3.31. The van der Waals surface area contributed by atoms with E-state index in [0.29, 0.717) is 34.2 Å². The van der Waals surface area contributed by atoms with Gasteiger partial charge in [-0.2, -0.15) is 10.2 Å². The van der Waals surface area contributed by atoms with Crippen molar-refractivity contribution in [3.05, 3.63) is 86.6 Å². The monoisotopic (exact) mass is 557 g/mol. The summed E-state index contributed by atoms with van der Waals surface area (Å²) in [6, 6.07) is 12.0. The standard InChI is InChI=1S/C29H28ClN7O3/c1-16(2)36-23(21-14-32-29(34(3)4)33-26(21)40-6)12-20-25(36)24(18-9-7-17(13-31)8-10-18)37(27(20)38)19-11-22(30)28(39)35(5)15-19/h7-12,14-16,24H,1-6H3/t24-/m0/s1. The Morgan fingerprint density at radius 1 is 1.12 bits per heavy atom. The van der Waals surface area contributed by atoms with Gasteiger partial charge < -0.3 is 18.8 Å². The fourth-order valence-electron chi connectivity index (χ4n) is 5.13. The largest absolute Gasteiger partial charge is 0.480 e. The van der Waals surface area contributed by atoms with E-state index in [2.05, 4.69) is 20.6 Å². The molecule has 5 rings (SSSR count). The normalized spacial score (nSPS) is 14.4. The molecular formula is C29H28ClN7O3. The molecule has 0 unspecified atom stereocenters. The molecule has 0 N–H and O–H groups in total. The molecule has 1 aliphatic rings. The number of anilines is 2. The number of ether oxygens (including phenoxy) is 1. The number of methoxy groups -OCH3 is 1. The highest BCUT2D eigenvalue weighted by Crippen LogP contribution is 2.47. The van der Waals surface area contributed by atoms with E-state index in [0.717, 1.165) is 17.0 Å². The van der Waals surface area contributed by atoms with Crippen molar-refractivity contribution in [2.24, 2.45) is 7.05 Å². The van der Waals surface area contributed by atoms with E-state index in [1.54, 1.807) is 48.5 Å². The van der Waals surface area contributed by atoms with Gasteiger partial charge in [0.15, 0.2) is 0 Å². The second-order valence-electron chi connectivity index (χ2n) is 10.1. The van der Waals surface area contributed by atoms with E-state index in [1.165, 1.54) is 10.6 Å². The molecule has 10 nitrogen and oxygen atoms in total. The number of fused-ring (bicyclic) bond motifs is 1. The Balaban J connectivity index is 1.78. The summed E-state index contributed by atoms with van der Waals surface area (Å²) < 4.78 is 9.11. The number of benzene rings is 1. The van der Waals surface area contributed by atoms with Gasteiger partial charge in [-0.05, 0) is 43.7 Å². The summed E-state index contributed by atoms with van der Waals surface area (Å²) in [4.78, 5) is 39.0. The zero-order valence-corrected chi connectivity index (χ0v) is 23.8. The molecule has 4 heterocycles. The second-order valence-corrected chi connectivity index (χ2v) is 10.5. The van der Waals surface area contributed by atoms with Crippen LogP contribution in [0.3, 0.4) is 0 Å². The highest BCUT2D eigenvalue weighted by Gasteiger charge is 2.44. The van der Waals surface area contributed by atoms with Gasteiger partial charge in [-0.15, -0.1) is 0 Å². The number of aryl methyl sites for hydroxylation is 1. The number of halogens is 1. The SMILES string of the molecule is COc1nc(N(C)C)ncc1-c1cc2c(n1C(C)C)[C@H](c1ccc(C#N)cc1)N(c1cc(Cl)c(=O)n(C)c1)C2=O. The zero-order chi connectivity index (χ0) is 28.9. The molecule has 4 aromatic rings. The molecule has 0 spiro atoms. The second kappa shape index (κ2) is 10.2. The quantitative estimate of drug-likeness (QED) is 0.341. The summed E-state index contributed by atoms with van der Waals surface area (Å²) in [6.45, 7) is 4.08. The van der Waals surface area contributed by atoms with Crippen molar-refractivity contribution in [3.63, 3.8) is 0 Å². The van der Waals surface area contributed by atoms with Crippen LogP contribution in [0.15, 0.2) is 53.6 Å². The molecule has 0 fully saturated rings. The van der Waals surface area contributed by atoms with E-state index in [9.17, 15) is 14.9 Å². The Kier molecular flexibility index (Phi) is 6.85. The van der Waals surface area contributed by atoms with Gasteiger partial charge in [0.1, 0.15) is 11.1 Å². The minimum absolute atomic E-state index is 0.0123. The van der Waals surface area contributed by atoms with Crippen LogP contribution in [0.1, 0.15) is 53.1 Å². The maximum absolute atomic E-state index is 14.2. The molecule has 204 valence electrons. The van der Waals surface area contributed by atoms with Crippen molar-refractivity contribution in [2.45, 2.75) is 25.9 Å². The van der Waals surface area contributed by atoms with Crippen molar-refractivity contribution < 1.29 is 9.53 Å². The van der Waals surface area contributed by atoms with Crippen LogP contribution in [0.2, 0.25) is 5.02 Å². The summed E-state index contributed by atoms with van der Waals surface area (Å²) in [5.74, 6) is 0.644. The minimum Gasteiger partial charge on any atom is -0.480 e. The number of nitriles is 1. The van der Waals surface area contributed by atoms with Crippen LogP contribution in [0.4, 0.5) is 11.6 Å². The van der Waals surface area contributed by atoms with Crippen LogP contribution in [0.5, 0.6) is 5.88 Å². The van der Waals surface area contributed by atoms with Gasteiger partial charge in [0, 0.05) is 39.6 Å². The zero-order valence-electron chi connectivity index (χ0n) is 23.0. The van der Waals surface area contributed by atoms with Crippen molar-refractivity contribution >= 4 is 29.1 Å². The van der Waals surface area contributed by atoms with Gasteiger partial charge in [-0.3, -0.25) is 14.5 Å². The maximum Gasteiger partial charge on any atom is 0.269 e. The molecule has 3 aromatic heterocycles. The van der Waals surface area contributed by atoms with Crippen LogP contribution in [-0.4, -0.2) is 46.2 Å². The first-order valence-corrected chi connectivity index (χ1v) is 13.0. The number of rotatable bonds is 6. The fraction of sp³-hybridized carbons (Fsp3) is 0.276. The van der Waals surface area contributed by atoms with Crippen LogP contribution < -0.4 is 20.1 Å². The molecule has 1 atom stereocenters. The lowest BCUT2D eigenvalue weighted by Crippen LogP contribution is -2.31. The number of aromatic nitrogens is 4. The smallest absolute Gasteiger partial charge is 0.269 e. The van der Waals surface area contributed by atoms with E-state index in [1.807, 2.05) is 46.1 Å². The molecule has 0 saturated heterocycles. The van der Waals surface area contributed by atoms with Gasteiger partial charge in [0.05, 0.1) is 46.9 Å². The maximum atomic E-state index is 14.2. The van der Waals surface area contributed by atoms with E-state index in [-0.39, 0.29) is 22.5 Å². The first-order chi connectivity index (χ1) is 19.1. The molecule has 1 aromatic carbocycles. The predicted octanol–water partition coefficient (Wildman–Crippen LogP) is 4.57. The van der Waals surface area contributed by atoms with Crippen LogP contribution in [0.25, 0.3) is 11.3 Å². The molecule has 11 heteroatoms. The Morgan fingerprint density at radius 2 is 1.82 bits per heavy atom. The van der Waals surface area contributed by atoms with E-state index in [4.69, 9.17) is 16.3 Å². The van der Waals surface area contributed by atoms with Gasteiger partial charge in [-0.1, -0.05) is 23.7 Å². The first-order valence-electron chi connectivity index (χ1n) is 12.6. The molecule has 1 amide bonds. The Hall–Kier alpha value is -4.62. The van der Waals surface area contributed by atoms with Crippen molar-refractivity contribution in [1.82, 2.24) is 19.1 Å². The average Bonchev–Trinajstić information content (AvgIpc) is 3.46. The predicted molar refractivity (Wildman–Crippen MR) is 153 cm³/mol. The highest BCUT2D eigenvalue weighted by molar-refractivity contribution is 6.30. The summed E-state index contributed by atoms with van der Waals surface area (Å²) >= 11 is 6.28. The van der Waals surface area contributed by atoms with E-state index < -0.39 is 6.04 Å². The third kappa shape index (κ3) is 4.28. The first kappa shape index (κ1) is 27.0. The molecular weight excluding hydrogens is 530 g/mol. The van der Waals surface area contributed by atoms with Gasteiger partial charge in [-0.25, -0.2) is 4.98 Å². The van der Waals surface area contributed by atoms with Crippen LogP contribution >= 0.6 is 11.6 Å². The molecule has 0 saturated carbocycles. The van der Waals surface area contributed by atoms with Crippen LogP contribution in [-0.2, 0) is 7.05 Å². The molecule has 0 aliphatic carbocycles. The lowest BCUT2D eigenvalue weighted by Gasteiger charge is -2.29. The number of amides is 1. The number of carbonyl (C=O) groups excluding carboxylic acids is 1. The number of hydrogen-bond acceptors (Lipinski definition) is 7. The molecule has 0 radical (unpaired) electrons. The Labute approximate surface area is 236 Å². The Bertz CT molecular complexity index is 1710. The average molecular weight is 558 g/mol. The topological polar surface area (TPSA) is 109 Å². The highest BCUT2D eigenvalue weighted by atomic mass is 35.5. The van der Waals surface area contributed by atoms with Crippen molar-refractivity contribution in [1.29, 1.82) is 5.26 Å². The molecule has 40 heavy (non-hydrogen) atoms. The van der Waals surface area contributed by atoms with Crippen molar-refractivity contribution in [2.75, 3.05) is 31.0 Å². The summed E-state index contributed by atoms with van der Waals surface area (Å²) in [7, 11) is 6.84. The number of pyridine rings is 1. The van der Waals surface area contributed by atoms with Crippen molar-refractivity contribution in [3.8, 4) is 23.2 Å². The lowest BCUT2D eigenvalue weighted by molar-refractivity contribution is 0.0993. The van der Waals surface area contributed by atoms with E-state index >= 15 is 0 Å². The van der Waals surface area contributed by atoms with Gasteiger partial charge in [0.25, 0.3) is 11.5 Å². The third-order valence-electron chi connectivity index (χ3n) is 6.93. The van der Waals surface area contributed by atoms with Gasteiger partial charge >= 0.3 is 0 Å². The lowest BCUT2D eigenvalue weighted by atomic mass is 10.0. The summed E-state index contributed by atoms with van der Waals surface area (Å²) in [5, 5.41) is 9.38. The fourth-order valence-corrected chi connectivity index (χ4v) is 5.37. The van der Waals surface area contributed by atoms with Gasteiger partial charge in [0.2, 0.25) is 11.8 Å². The molecule has 1 aliphatic heterocycles. The number of nitrogens with zero attached hydrogens (tertiary/aromatic N) is 7. The minimum atomic E-state index is -0.562. The number of hydrogen-bond donors (Lipinski definition) is 0. The van der Waals surface area contributed by atoms with Crippen LogP contribution in [0, 0.1) is 11.3 Å². The number of carbonyl (C=O) groups is 1. The Morgan fingerprint density at radius 3 is 2.40 bits per heavy atom. The summed E-state index contributed by atoms with van der Waals surface area (Å²) in [5.41, 5.74) is 4.10. The molecule has 0 bridgehead atoms. The third-order valence-corrected chi connectivity index (χ3v) is 7.20.